The normalized spacial score (nSPS) is 17.6. The van der Waals surface area contributed by atoms with E-state index in [4.69, 9.17) is 0 Å². The highest BCUT2D eigenvalue weighted by molar-refractivity contribution is 9.13. The van der Waals surface area contributed by atoms with Crippen molar-refractivity contribution in [2.24, 2.45) is 0 Å². The summed E-state index contributed by atoms with van der Waals surface area (Å²) in [6.07, 6.45) is 6.19. The molecule has 16 heavy (non-hydrogen) atoms. The van der Waals surface area contributed by atoms with Crippen molar-refractivity contribution in [2.75, 3.05) is 6.54 Å². The summed E-state index contributed by atoms with van der Waals surface area (Å²) in [5, 5.41) is 3.58. The smallest absolute Gasteiger partial charge is 0.0843 e. The van der Waals surface area contributed by atoms with E-state index in [1.807, 2.05) is 11.3 Å². The molecule has 2 rings (SSSR count). The molecule has 0 saturated heterocycles. The van der Waals surface area contributed by atoms with Crippen LogP contribution < -0.4 is 5.32 Å². The maximum atomic E-state index is 3.58. The standard InChI is InChI=1S/C12H15Br2NS/c1-2-15-11(8-5-3-4-6-8)10-7-9(13)12(14)16-10/h5,7,11,15H,2-4,6H2,1H3. The first-order valence-corrected chi connectivity index (χ1v) is 7.99. The minimum Gasteiger partial charge on any atom is -0.306 e. The molecule has 0 saturated carbocycles. The van der Waals surface area contributed by atoms with Crippen LogP contribution in [0.25, 0.3) is 0 Å². The summed E-state index contributed by atoms with van der Waals surface area (Å²) in [5.41, 5.74) is 1.56. The van der Waals surface area contributed by atoms with E-state index in [2.05, 4.69) is 56.2 Å². The first-order valence-electron chi connectivity index (χ1n) is 5.59. The summed E-state index contributed by atoms with van der Waals surface area (Å²) < 4.78 is 2.35. The Morgan fingerprint density at radius 1 is 1.50 bits per heavy atom. The molecule has 0 fully saturated rings. The molecule has 4 heteroatoms. The third kappa shape index (κ3) is 2.78. The minimum absolute atomic E-state index is 0.417. The third-order valence-corrected chi connectivity index (χ3v) is 6.12. The molecule has 0 amide bonds. The van der Waals surface area contributed by atoms with Gasteiger partial charge >= 0.3 is 0 Å². The fourth-order valence-electron chi connectivity index (χ4n) is 2.08. The van der Waals surface area contributed by atoms with Crippen LogP contribution in [0.2, 0.25) is 0 Å². The summed E-state index contributed by atoms with van der Waals surface area (Å²) in [5.74, 6) is 0. The second-order valence-electron chi connectivity index (χ2n) is 3.93. The lowest BCUT2D eigenvalue weighted by molar-refractivity contribution is 0.614. The molecule has 1 N–H and O–H groups in total. The van der Waals surface area contributed by atoms with Gasteiger partial charge in [0.1, 0.15) is 0 Å². The summed E-state index contributed by atoms with van der Waals surface area (Å²) >= 11 is 8.94. The number of halogens is 2. The van der Waals surface area contributed by atoms with Gasteiger partial charge in [0.25, 0.3) is 0 Å². The Bertz CT molecular complexity index is 378. The molecule has 88 valence electrons. The number of hydrogen-bond donors (Lipinski definition) is 1. The van der Waals surface area contributed by atoms with E-state index in [0.29, 0.717) is 6.04 Å². The second kappa shape index (κ2) is 5.80. The molecule has 1 unspecified atom stereocenters. The van der Waals surface area contributed by atoms with Crippen molar-refractivity contribution < 1.29 is 0 Å². The van der Waals surface area contributed by atoms with Crippen molar-refractivity contribution in [1.29, 1.82) is 0 Å². The molecule has 0 aliphatic heterocycles. The fraction of sp³-hybridized carbons (Fsp3) is 0.500. The van der Waals surface area contributed by atoms with Gasteiger partial charge in [0.2, 0.25) is 0 Å². The fourth-order valence-corrected chi connectivity index (χ4v) is 4.29. The lowest BCUT2D eigenvalue weighted by atomic mass is 10.1. The predicted octanol–water partition coefficient (Wildman–Crippen LogP) is 5.03. The maximum absolute atomic E-state index is 3.58. The van der Waals surface area contributed by atoms with E-state index in [1.54, 1.807) is 5.57 Å². The van der Waals surface area contributed by atoms with Crippen LogP contribution in [0.15, 0.2) is 26.0 Å². The largest absolute Gasteiger partial charge is 0.306 e. The molecule has 1 atom stereocenters. The quantitative estimate of drug-likeness (QED) is 0.738. The average Bonchev–Trinajstić information content (AvgIpc) is 2.86. The van der Waals surface area contributed by atoms with Gasteiger partial charge in [-0.15, -0.1) is 11.3 Å². The van der Waals surface area contributed by atoms with E-state index in [1.165, 1.54) is 27.9 Å². The van der Waals surface area contributed by atoms with Gasteiger partial charge in [-0.2, -0.15) is 0 Å². The topological polar surface area (TPSA) is 12.0 Å². The van der Waals surface area contributed by atoms with Crippen LogP contribution in [0, 0.1) is 0 Å². The molecule has 0 spiro atoms. The predicted molar refractivity (Wildman–Crippen MR) is 78.1 cm³/mol. The molecule has 0 aromatic carbocycles. The van der Waals surface area contributed by atoms with Gasteiger partial charge in [0, 0.05) is 9.35 Å². The zero-order valence-electron chi connectivity index (χ0n) is 9.22. The summed E-state index contributed by atoms with van der Waals surface area (Å²) in [6.45, 7) is 3.18. The molecule has 1 heterocycles. The number of nitrogens with one attached hydrogen (secondary N) is 1. The molecule has 1 aliphatic carbocycles. The Balaban J connectivity index is 2.24. The van der Waals surface area contributed by atoms with Crippen LogP contribution in [0.1, 0.15) is 37.1 Å². The van der Waals surface area contributed by atoms with E-state index in [9.17, 15) is 0 Å². The number of allylic oxidation sites excluding steroid dienone is 1. The van der Waals surface area contributed by atoms with Crippen LogP contribution in [0.5, 0.6) is 0 Å². The van der Waals surface area contributed by atoms with Crippen molar-refractivity contribution >= 4 is 43.2 Å². The van der Waals surface area contributed by atoms with Crippen molar-refractivity contribution in [2.45, 2.75) is 32.2 Å². The first-order chi connectivity index (χ1) is 7.72. The maximum Gasteiger partial charge on any atom is 0.0843 e. The molecular formula is C12H15Br2NS. The SMILES string of the molecule is CCNC(C1=CCCC1)c1cc(Br)c(Br)s1. The molecular weight excluding hydrogens is 350 g/mol. The molecule has 0 bridgehead atoms. The van der Waals surface area contributed by atoms with Gasteiger partial charge in [-0.3, -0.25) is 0 Å². The highest BCUT2D eigenvalue weighted by atomic mass is 79.9. The Kier molecular flexibility index (Phi) is 4.65. The number of hydrogen-bond acceptors (Lipinski definition) is 2. The lowest BCUT2D eigenvalue weighted by Gasteiger charge is -2.17. The molecule has 1 aromatic heterocycles. The zero-order valence-corrected chi connectivity index (χ0v) is 13.2. The van der Waals surface area contributed by atoms with E-state index >= 15 is 0 Å². The van der Waals surface area contributed by atoms with Gasteiger partial charge in [-0.25, -0.2) is 0 Å². The third-order valence-electron chi connectivity index (χ3n) is 2.80. The van der Waals surface area contributed by atoms with Gasteiger partial charge in [-0.1, -0.05) is 18.6 Å². The highest BCUT2D eigenvalue weighted by Gasteiger charge is 2.20. The van der Waals surface area contributed by atoms with E-state index in [-0.39, 0.29) is 0 Å². The lowest BCUT2D eigenvalue weighted by Crippen LogP contribution is -2.21. The van der Waals surface area contributed by atoms with Crippen molar-refractivity contribution in [3.63, 3.8) is 0 Å². The van der Waals surface area contributed by atoms with Crippen molar-refractivity contribution in [3.8, 4) is 0 Å². The summed E-state index contributed by atoms with van der Waals surface area (Å²) in [6, 6.07) is 2.64. The van der Waals surface area contributed by atoms with E-state index < -0.39 is 0 Å². The van der Waals surface area contributed by atoms with Gasteiger partial charge < -0.3 is 5.32 Å². The summed E-state index contributed by atoms with van der Waals surface area (Å²) in [4.78, 5) is 1.40. The Morgan fingerprint density at radius 3 is 2.81 bits per heavy atom. The first kappa shape index (κ1) is 12.8. The van der Waals surface area contributed by atoms with E-state index in [0.717, 1.165) is 11.0 Å². The van der Waals surface area contributed by atoms with Gasteiger partial charge in [-0.05, 0) is 63.7 Å². The molecule has 1 aromatic rings. The van der Waals surface area contributed by atoms with Gasteiger partial charge in [0.15, 0.2) is 0 Å². The van der Waals surface area contributed by atoms with Crippen molar-refractivity contribution in [1.82, 2.24) is 5.32 Å². The molecule has 1 nitrogen and oxygen atoms in total. The number of thiophene rings is 1. The molecule has 1 aliphatic rings. The van der Waals surface area contributed by atoms with Crippen LogP contribution in [-0.4, -0.2) is 6.54 Å². The highest BCUT2D eigenvalue weighted by Crippen LogP contribution is 2.39. The van der Waals surface area contributed by atoms with Crippen LogP contribution in [0.3, 0.4) is 0 Å². The summed E-state index contributed by atoms with van der Waals surface area (Å²) in [7, 11) is 0. The zero-order chi connectivity index (χ0) is 11.5. The Hall–Kier alpha value is 0.360. The second-order valence-corrected chi connectivity index (χ2v) is 7.19. The number of rotatable bonds is 4. The van der Waals surface area contributed by atoms with Crippen LogP contribution in [-0.2, 0) is 0 Å². The Labute approximate surface area is 118 Å². The molecule has 0 radical (unpaired) electrons. The van der Waals surface area contributed by atoms with Crippen LogP contribution >= 0.6 is 43.2 Å². The minimum atomic E-state index is 0.417. The van der Waals surface area contributed by atoms with Crippen LogP contribution in [0.4, 0.5) is 0 Å². The number of likely N-dealkylation sites (N-methyl/N-ethyl adjacent to an activating group) is 1. The Morgan fingerprint density at radius 2 is 2.31 bits per heavy atom. The monoisotopic (exact) mass is 363 g/mol. The van der Waals surface area contributed by atoms with Gasteiger partial charge in [0.05, 0.1) is 9.83 Å². The average molecular weight is 365 g/mol. The van der Waals surface area contributed by atoms with Crippen molar-refractivity contribution in [3.05, 3.63) is 30.9 Å².